The zero-order chi connectivity index (χ0) is 8.97. The standard InChI is InChI=1S/C7H8N4O/c8-7(9)11-6(12)5-3-1-2-4-10-5/h1-4H,(H4,8,9,11,12). The van der Waals surface area contributed by atoms with E-state index >= 15 is 0 Å². The average Bonchev–Trinajstić information content (AvgIpc) is 2.05. The Kier molecular flexibility index (Phi) is 2.37. The lowest BCUT2D eigenvalue weighted by molar-refractivity contribution is 0.0998. The van der Waals surface area contributed by atoms with E-state index in [9.17, 15) is 4.79 Å². The van der Waals surface area contributed by atoms with Gasteiger partial charge in [0, 0.05) is 6.20 Å². The molecule has 62 valence electrons. The molecule has 5 nitrogen and oxygen atoms in total. The van der Waals surface area contributed by atoms with Gasteiger partial charge in [0.25, 0.3) is 5.91 Å². The van der Waals surface area contributed by atoms with E-state index in [-0.39, 0.29) is 11.7 Å². The maximum atomic E-state index is 11.0. The van der Waals surface area contributed by atoms with Gasteiger partial charge in [-0.1, -0.05) is 6.07 Å². The zero-order valence-electron chi connectivity index (χ0n) is 6.27. The summed E-state index contributed by atoms with van der Waals surface area (Å²) in [5, 5.41) is 0. The Morgan fingerprint density at radius 2 is 2.17 bits per heavy atom. The molecule has 1 rings (SSSR count). The summed E-state index contributed by atoms with van der Waals surface area (Å²) in [5.74, 6) is -0.791. The van der Waals surface area contributed by atoms with Gasteiger partial charge in [0.1, 0.15) is 5.69 Å². The second-order valence-corrected chi connectivity index (χ2v) is 2.06. The minimum Gasteiger partial charge on any atom is -0.370 e. The van der Waals surface area contributed by atoms with Crippen molar-refractivity contribution < 1.29 is 4.79 Å². The number of hydrogen-bond acceptors (Lipinski definition) is 2. The predicted octanol–water partition coefficient (Wildman–Crippen LogP) is -0.505. The molecular weight excluding hydrogens is 156 g/mol. The fraction of sp³-hybridized carbons (Fsp3) is 0. The predicted molar refractivity (Wildman–Crippen MR) is 44.4 cm³/mol. The lowest BCUT2D eigenvalue weighted by atomic mass is 10.3. The Bertz CT molecular complexity index is 302. The van der Waals surface area contributed by atoms with Gasteiger partial charge in [-0.3, -0.25) is 9.78 Å². The van der Waals surface area contributed by atoms with Gasteiger partial charge in [-0.2, -0.15) is 4.99 Å². The Hall–Kier alpha value is -1.91. The zero-order valence-corrected chi connectivity index (χ0v) is 6.27. The van der Waals surface area contributed by atoms with Gasteiger partial charge in [-0.05, 0) is 12.1 Å². The minimum atomic E-state index is -0.532. The Labute approximate surface area is 69.1 Å². The van der Waals surface area contributed by atoms with Gasteiger partial charge in [-0.15, -0.1) is 0 Å². The van der Waals surface area contributed by atoms with Crippen molar-refractivity contribution in [3.05, 3.63) is 30.1 Å². The van der Waals surface area contributed by atoms with E-state index in [1.807, 2.05) is 0 Å². The maximum Gasteiger partial charge on any atom is 0.298 e. The molecule has 4 N–H and O–H groups in total. The highest BCUT2D eigenvalue weighted by molar-refractivity contribution is 6.00. The van der Waals surface area contributed by atoms with Gasteiger partial charge < -0.3 is 11.5 Å². The molecule has 0 unspecified atom stereocenters. The van der Waals surface area contributed by atoms with E-state index in [2.05, 4.69) is 9.98 Å². The summed E-state index contributed by atoms with van der Waals surface area (Å²) in [6.07, 6.45) is 1.50. The number of amides is 1. The molecule has 0 saturated carbocycles. The fourth-order valence-corrected chi connectivity index (χ4v) is 0.664. The van der Waals surface area contributed by atoms with Crippen molar-refractivity contribution in [1.82, 2.24) is 4.98 Å². The van der Waals surface area contributed by atoms with Crippen LogP contribution in [0.25, 0.3) is 0 Å². The summed E-state index contributed by atoms with van der Waals surface area (Å²) >= 11 is 0. The molecule has 1 aromatic heterocycles. The molecule has 12 heavy (non-hydrogen) atoms. The minimum absolute atomic E-state index is 0.228. The van der Waals surface area contributed by atoms with Crippen LogP contribution in [0.3, 0.4) is 0 Å². The number of aromatic nitrogens is 1. The van der Waals surface area contributed by atoms with E-state index in [1.54, 1.807) is 12.1 Å². The van der Waals surface area contributed by atoms with Gasteiger partial charge in [0.2, 0.25) is 0 Å². The van der Waals surface area contributed by atoms with Gasteiger partial charge >= 0.3 is 0 Å². The lowest BCUT2D eigenvalue weighted by Gasteiger charge is -1.92. The van der Waals surface area contributed by atoms with Crippen LogP contribution in [-0.4, -0.2) is 16.9 Å². The van der Waals surface area contributed by atoms with Crippen molar-refractivity contribution in [2.24, 2.45) is 16.5 Å². The number of guanidine groups is 1. The van der Waals surface area contributed by atoms with E-state index in [0.717, 1.165) is 0 Å². The van der Waals surface area contributed by atoms with Crippen molar-refractivity contribution in [2.75, 3.05) is 0 Å². The van der Waals surface area contributed by atoms with Crippen LogP contribution in [0.4, 0.5) is 0 Å². The molecule has 0 bridgehead atoms. The molecule has 0 aliphatic heterocycles. The van der Waals surface area contributed by atoms with Crippen LogP contribution < -0.4 is 11.5 Å². The Morgan fingerprint density at radius 3 is 2.67 bits per heavy atom. The first-order valence-corrected chi connectivity index (χ1v) is 3.25. The first-order valence-electron chi connectivity index (χ1n) is 3.25. The molecule has 1 heterocycles. The smallest absolute Gasteiger partial charge is 0.298 e. The van der Waals surface area contributed by atoms with Crippen LogP contribution in [0.2, 0.25) is 0 Å². The van der Waals surface area contributed by atoms with Crippen LogP contribution >= 0.6 is 0 Å². The monoisotopic (exact) mass is 164 g/mol. The number of carbonyl (C=O) groups excluding carboxylic acids is 1. The lowest BCUT2D eigenvalue weighted by Crippen LogP contribution is -2.24. The number of nitrogens with zero attached hydrogens (tertiary/aromatic N) is 2. The average molecular weight is 164 g/mol. The summed E-state index contributed by atoms with van der Waals surface area (Å²) in [7, 11) is 0. The van der Waals surface area contributed by atoms with Crippen molar-refractivity contribution in [2.45, 2.75) is 0 Å². The summed E-state index contributed by atoms with van der Waals surface area (Å²) in [5.41, 5.74) is 10.2. The molecule has 1 amide bonds. The third-order valence-corrected chi connectivity index (χ3v) is 1.11. The first kappa shape index (κ1) is 8.19. The Balaban J connectivity index is 2.87. The van der Waals surface area contributed by atoms with Crippen LogP contribution in [0.15, 0.2) is 29.4 Å². The summed E-state index contributed by atoms with van der Waals surface area (Å²) < 4.78 is 0. The highest BCUT2D eigenvalue weighted by Crippen LogP contribution is 1.94. The van der Waals surface area contributed by atoms with Gasteiger partial charge in [-0.25, -0.2) is 0 Å². The van der Waals surface area contributed by atoms with Crippen LogP contribution in [0, 0.1) is 0 Å². The number of aliphatic imine (C=N–C) groups is 1. The largest absolute Gasteiger partial charge is 0.370 e. The van der Waals surface area contributed by atoms with Crippen molar-refractivity contribution >= 4 is 11.9 Å². The highest BCUT2D eigenvalue weighted by atomic mass is 16.1. The van der Waals surface area contributed by atoms with E-state index in [1.165, 1.54) is 12.3 Å². The number of nitrogens with two attached hydrogens (primary N) is 2. The third-order valence-electron chi connectivity index (χ3n) is 1.11. The molecule has 0 aromatic carbocycles. The van der Waals surface area contributed by atoms with Crippen LogP contribution in [0.5, 0.6) is 0 Å². The topological polar surface area (TPSA) is 94.4 Å². The van der Waals surface area contributed by atoms with E-state index < -0.39 is 5.91 Å². The molecule has 0 fully saturated rings. The van der Waals surface area contributed by atoms with Crippen molar-refractivity contribution in [3.8, 4) is 0 Å². The summed E-state index contributed by atoms with van der Waals surface area (Å²) in [6.45, 7) is 0. The number of carbonyl (C=O) groups is 1. The number of rotatable bonds is 1. The molecule has 0 radical (unpaired) electrons. The molecule has 0 aliphatic carbocycles. The van der Waals surface area contributed by atoms with E-state index in [0.29, 0.717) is 0 Å². The van der Waals surface area contributed by atoms with Crippen LogP contribution in [0.1, 0.15) is 10.5 Å². The van der Waals surface area contributed by atoms with E-state index in [4.69, 9.17) is 11.5 Å². The molecular formula is C7H8N4O. The molecule has 0 saturated heterocycles. The first-order chi connectivity index (χ1) is 5.70. The quantitative estimate of drug-likeness (QED) is 0.432. The number of hydrogen-bond donors (Lipinski definition) is 2. The molecule has 0 aliphatic rings. The van der Waals surface area contributed by atoms with Crippen LogP contribution in [-0.2, 0) is 0 Å². The number of pyridine rings is 1. The SMILES string of the molecule is NC(N)=NC(=O)c1ccccn1. The second-order valence-electron chi connectivity index (χ2n) is 2.06. The molecule has 0 spiro atoms. The molecule has 0 atom stereocenters. The third kappa shape index (κ3) is 2.05. The Morgan fingerprint density at radius 1 is 1.42 bits per heavy atom. The normalized spacial score (nSPS) is 9.00. The molecule has 1 aromatic rings. The highest BCUT2D eigenvalue weighted by Gasteiger charge is 2.03. The maximum absolute atomic E-state index is 11.0. The van der Waals surface area contributed by atoms with Gasteiger partial charge in [0.15, 0.2) is 5.96 Å². The van der Waals surface area contributed by atoms with Crippen molar-refractivity contribution in [1.29, 1.82) is 0 Å². The summed E-state index contributed by atoms with van der Waals surface area (Å²) in [4.78, 5) is 18.1. The molecule has 5 heteroatoms. The summed E-state index contributed by atoms with van der Waals surface area (Å²) in [6, 6.07) is 4.92. The van der Waals surface area contributed by atoms with Crippen molar-refractivity contribution in [3.63, 3.8) is 0 Å². The fourth-order valence-electron chi connectivity index (χ4n) is 0.664. The second kappa shape index (κ2) is 3.47. The van der Waals surface area contributed by atoms with Gasteiger partial charge in [0.05, 0.1) is 0 Å².